The maximum Gasteiger partial charge on any atom is 0.252 e. The summed E-state index contributed by atoms with van der Waals surface area (Å²) in [7, 11) is -4.17. The van der Waals surface area contributed by atoms with E-state index in [4.69, 9.17) is 0 Å². The summed E-state index contributed by atoms with van der Waals surface area (Å²) in [6, 6.07) is 83.2. The third kappa shape index (κ3) is 5.59. The fourth-order valence-electron chi connectivity index (χ4n) is 13.3. The smallest absolute Gasteiger partial charge is 0.252 e. The van der Waals surface area contributed by atoms with Gasteiger partial charge in [0.05, 0.1) is 11.4 Å². The Hall–Kier alpha value is -7.68. The molecule has 1 aromatic heterocycles. The molecule has 0 unspecified atom stereocenters. The van der Waals surface area contributed by atoms with E-state index in [1.54, 1.807) is 0 Å². The number of benzene rings is 10. The molecule has 0 N–H and O–H groups in total. The van der Waals surface area contributed by atoms with E-state index in [0.29, 0.717) is 0 Å². The van der Waals surface area contributed by atoms with Gasteiger partial charge in [0, 0.05) is 71.1 Å². The molecule has 0 radical (unpaired) electrons. The van der Waals surface area contributed by atoms with E-state index in [2.05, 4.69) is 259 Å². The highest BCUT2D eigenvalue weighted by molar-refractivity contribution is 7.26. The zero-order chi connectivity index (χ0) is 47.3. The van der Waals surface area contributed by atoms with E-state index in [0.717, 1.165) is 22.7 Å². The van der Waals surface area contributed by atoms with Crippen molar-refractivity contribution < 1.29 is 0 Å². The van der Waals surface area contributed by atoms with Crippen molar-refractivity contribution in [2.24, 2.45) is 0 Å². The van der Waals surface area contributed by atoms with Gasteiger partial charge >= 0.3 is 0 Å². The normalized spacial score (nSPS) is 14.9. The first-order valence-electron chi connectivity index (χ1n) is 25.0. The summed E-state index contributed by atoms with van der Waals surface area (Å²) in [5.41, 5.74) is 20.4. The van der Waals surface area contributed by atoms with Crippen molar-refractivity contribution >= 4 is 143 Å². The fraction of sp³-hybridized carbons (Fsp3) is 0.0625. The molecule has 0 saturated heterocycles. The van der Waals surface area contributed by atoms with Crippen molar-refractivity contribution in [3.63, 3.8) is 0 Å². The van der Waals surface area contributed by atoms with Crippen LogP contribution in [0.25, 0.3) is 42.4 Å². The molecule has 0 atom stereocenters. The first-order valence-corrected chi connectivity index (χ1v) is 31.8. The van der Waals surface area contributed by atoms with Crippen LogP contribution >= 0.6 is 11.3 Å². The Labute approximate surface area is 421 Å². The molecule has 0 spiro atoms. The number of fused-ring (bicyclic) bond motifs is 15. The topological polar surface area (TPSA) is 9.72 Å². The van der Waals surface area contributed by atoms with Gasteiger partial charge in [-0.1, -0.05) is 178 Å². The minimum atomic E-state index is -2.09. The molecule has 10 aromatic carbocycles. The van der Waals surface area contributed by atoms with E-state index in [1.807, 2.05) is 11.3 Å². The van der Waals surface area contributed by atoms with Gasteiger partial charge in [0.25, 0.3) is 6.71 Å². The maximum atomic E-state index is 2.66. The zero-order valence-corrected chi connectivity index (χ0v) is 42.9. The Morgan fingerprint density at radius 3 is 1.46 bits per heavy atom. The Kier molecular flexibility index (Phi) is 8.64. The summed E-state index contributed by atoms with van der Waals surface area (Å²) >= 11 is 1.88. The first kappa shape index (κ1) is 41.1. The summed E-state index contributed by atoms with van der Waals surface area (Å²) in [6.45, 7) is 10.2. The molecule has 0 bridgehead atoms. The molecular formula is C64H48BN3SSi2. The van der Waals surface area contributed by atoms with Crippen molar-refractivity contribution in [1.29, 1.82) is 0 Å². The van der Waals surface area contributed by atoms with Crippen LogP contribution in [0.1, 0.15) is 0 Å². The highest BCUT2D eigenvalue weighted by atomic mass is 32.1. The molecule has 336 valence electrons. The van der Waals surface area contributed by atoms with Crippen LogP contribution in [0.5, 0.6) is 0 Å². The van der Waals surface area contributed by atoms with Gasteiger partial charge in [-0.3, -0.25) is 0 Å². The standard InChI is InChI=1S/C64H48BN3SSi2/c1-70(2)55-33-18-15-28-46(55)60-57(70)37-35-48-63(60)67(42-23-10-6-11-24-42)51-39-44(66(41-21-8-5-9-22-41)50-30-20-32-54-59(50)45-27-14-17-31-53(45)69-54)40-52-62(51)65(48)49-36-38-58-61(47-29-16-19-34-56(47)71(58,3)4)64(49)68(52)43-25-12-7-13-26-43/h5-40H,1-4H3. The Balaban J connectivity index is 1.13. The van der Waals surface area contributed by atoms with Gasteiger partial charge in [0.2, 0.25) is 0 Å². The summed E-state index contributed by atoms with van der Waals surface area (Å²) in [5, 5.41) is 8.62. The lowest BCUT2D eigenvalue weighted by Gasteiger charge is -2.46. The van der Waals surface area contributed by atoms with Crippen LogP contribution in [0.4, 0.5) is 51.2 Å². The summed E-state index contributed by atoms with van der Waals surface area (Å²) in [6.07, 6.45) is 0. The van der Waals surface area contributed by atoms with E-state index < -0.39 is 16.1 Å². The number of para-hydroxylation sites is 3. The molecule has 15 rings (SSSR count). The van der Waals surface area contributed by atoms with Crippen LogP contribution in [-0.4, -0.2) is 22.9 Å². The second kappa shape index (κ2) is 14.9. The quantitative estimate of drug-likeness (QED) is 0.159. The van der Waals surface area contributed by atoms with Crippen molar-refractivity contribution in [2.75, 3.05) is 14.7 Å². The highest BCUT2D eigenvalue weighted by Crippen LogP contribution is 2.53. The molecular weight excluding hydrogens is 910 g/mol. The second-order valence-corrected chi connectivity index (χ2v) is 30.5. The van der Waals surface area contributed by atoms with Crippen LogP contribution in [0.2, 0.25) is 26.2 Å². The Bertz CT molecular complexity index is 3860. The van der Waals surface area contributed by atoms with Gasteiger partial charge in [-0.25, -0.2) is 0 Å². The lowest BCUT2D eigenvalue weighted by Crippen LogP contribution is -2.62. The van der Waals surface area contributed by atoms with Crippen LogP contribution in [0.15, 0.2) is 218 Å². The van der Waals surface area contributed by atoms with Gasteiger partial charge in [0.1, 0.15) is 16.1 Å². The van der Waals surface area contributed by atoms with E-state index in [-0.39, 0.29) is 6.71 Å². The van der Waals surface area contributed by atoms with Crippen LogP contribution in [0, 0.1) is 0 Å². The molecule has 71 heavy (non-hydrogen) atoms. The molecule has 0 saturated carbocycles. The second-order valence-electron chi connectivity index (χ2n) is 20.8. The van der Waals surface area contributed by atoms with Crippen molar-refractivity contribution in [3.8, 4) is 22.3 Å². The number of hydrogen-bond donors (Lipinski definition) is 0. The molecule has 11 aromatic rings. The number of rotatable bonds is 5. The minimum absolute atomic E-state index is 0.0425. The van der Waals surface area contributed by atoms with Crippen molar-refractivity contribution in [1.82, 2.24) is 0 Å². The van der Waals surface area contributed by atoms with Crippen LogP contribution in [0.3, 0.4) is 0 Å². The summed E-state index contributed by atoms with van der Waals surface area (Å²) in [4.78, 5) is 7.87. The number of hydrogen-bond acceptors (Lipinski definition) is 4. The summed E-state index contributed by atoms with van der Waals surface area (Å²) in [5.74, 6) is 0. The zero-order valence-electron chi connectivity index (χ0n) is 40.1. The van der Waals surface area contributed by atoms with Gasteiger partial charge in [-0.15, -0.1) is 11.3 Å². The van der Waals surface area contributed by atoms with E-state index in [1.165, 1.54) is 108 Å². The lowest BCUT2D eigenvalue weighted by molar-refractivity contribution is 1.23. The van der Waals surface area contributed by atoms with E-state index in [9.17, 15) is 0 Å². The average molecular weight is 958 g/mol. The Morgan fingerprint density at radius 2 is 0.901 bits per heavy atom. The molecule has 3 nitrogen and oxygen atoms in total. The lowest BCUT2D eigenvalue weighted by atomic mass is 9.33. The van der Waals surface area contributed by atoms with Crippen LogP contribution in [-0.2, 0) is 0 Å². The summed E-state index contributed by atoms with van der Waals surface area (Å²) < 4.78 is 2.58. The monoisotopic (exact) mass is 957 g/mol. The maximum absolute atomic E-state index is 2.66. The minimum Gasteiger partial charge on any atom is -0.311 e. The average Bonchev–Trinajstić information content (AvgIpc) is 3.99. The SMILES string of the molecule is C[Si]1(C)c2ccccc2-c2c1ccc1c2N(c2ccccc2)c2cc(N(c3ccccc3)c3cccc4sc5ccccc5c34)cc3c2B1c1ccc2c(c1N3c1ccccc1)-c1ccccc1[Si]2(C)C. The highest BCUT2D eigenvalue weighted by Gasteiger charge is 2.50. The number of thiophene rings is 1. The third-order valence-electron chi connectivity index (χ3n) is 16.4. The molecule has 0 amide bonds. The van der Waals surface area contributed by atoms with Gasteiger partial charge < -0.3 is 14.7 Å². The fourth-order valence-corrected chi connectivity index (χ4v) is 20.5. The number of anilines is 9. The Morgan fingerprint density at radius 1 is 0.423 bits per heavy atom. The predicted molar refractivity (Wildman–Crippen MR) is 312 cm³/mol. The largest absolute Gasteiger partial charge is 0.311 e. The van der Waals surface area contributed by atoms with Gasteiger partial charge in [-0.2, -0.15) is 0 Å². The van der Waals surface area contributed by atoms with Crippen molar-refractivity contribution in [3.05, 3.63) is 218 Å². The van der Waals surface area contributed by atoms with Gasteiger partial charge in [0.15, 0.2) is 0 Å². The van der Waals surface area contributed by atoms with E-state index >= 15 is 0 Å². The molecule has 7 heteroatoms. The molecule has 0 fully saturated rings. The van der Waals surface area contributed by atoms with Gasteiger partial charge in [-0.05, 0) is 115 Å². The first-order chi connectivity index (χ1) is 34.8. The molecule has 4 aliphatic rings. The third-order valence-corrected chi connectivity index (χ3v) is 24.6. The van der Waals surface area contributed by atoms with Crippen molar-refractivity contribution in [2.45, 2.75) is 26.2 Å². The number of nitrogens with zero attached hydrogens (tertiary/aromatic N) is 3. The van der Waals surface area contributed by atoms with Crippen LogP contribution < -0.4 is 51.8 Å². The molecule has 5 heterocycles. The molecule has 4 aliphatic heterocycles. The molecule has 0 aliphatic carbocycles. The predicted octanol–water partition coefficient (Wildman–Crippen LogP) is 13.2.